The number of carbonyl (C=O) groups is 2. The lowest BCUT2D eigenvalue weighted by atomic mass is 9.97. The Hall–Kier alpha value is -2.24. The first-order chi connectivity index (χ1) is 10.0. The molecule has 0 aliphatic carbocycles. The van der Waals surface area contributed by atoms with Gasteiger partial charge in [-0.3, -0.25) is 9.69 Å². The summed E-state index contributed by atoms with van der Waals surface area (Å²) in [7, 11) is 2.92. The zero-order valence-electron chi connectivity index (χ0n) is 12.7. The molecule has 1 aromatic carbocycles. The summed E-state index contributed by atoms with van der Waals surface area (Å²) in [4.78, 5) is 24.3. The molecule has 0 saturated carbocycles. The number of para-hydroxylation sites is 1. The van der Waals surface area contributed by atoms with E-state index in [-0.39, 0.29) is 5.92 Å². The van der Waals surface area contributed by atoms with Crippen LogP contribution in [-0.2, 0) is 9.59 Å². The van der Waals surface area contributed by atoms with E-state index in [0.717, 1.165) is 4.90 Å². The quantitative estimate of drug-likeness (QED) is 0.744. The van der Waals surface area contributed by atoms with Crippen molar-refractivity contribution >= 4 is 18.1 Å². The third-order valence-corrected chi connectivity index (χ3v) is 3.51. The fourth-order valence-electron chi connectivity index (χ4n) is 2.20. The van der Waals surface area contributed by atoms with Crippen molar-refractivity contribution in [1.82, 2.24) is 0 Å². The van der Waals surface area contributed by atoms with Crippen LogP contribution >= 0.6 is 0 Å². The molecule has 21 heavy (non-hydrogen) atoms. The minimum absolute atomic E-state index is 0.220. The van der Waals surface area contributed by atoms with Crippen molar-refractivity contribution in [2.45, 2.75) is 26.3 Å². The fourth-order valence-corrected chi connectivity index (χ4v) is 2.20. The van der Waals surface area contributed by atoms with Crippen molar-refractivity contribution in [1.29, 1.82) is 0 Å². The minimum atomic E-state index is -1.07. The number of hydrogen-bond acceptors (Lipinski definition) is 4. The molecule has 1 amide bonds. The van der Waals surface area contributed by atoms with Gasteiger partial charge in [0, 0.05) is 0 Å². The van der Waals surface area contributed by atoms with E-state index in [2.05, 4.69) is 0 Å². The van der Waals surface area contributed by atoms with Gasteiger partial charge in [-0.1, -0.05) is 26.3 Å². The SMILES string of the molecule is CCC(C)C(C(=O)O)N(C=O)c1c(OC)cccc1OC. The number of nitrogens with zero attached hydrogens (tertiary/aromatic N) is 1. The number of carboxylic acids is 1. The second-order valence-corrected chi connectivity index (χ2v) is 4.69. The van der Waals surface area contributed by atoms with Crippen molar-refractivity contribution in [3.63, 3.8) is 0 Å². The van der Waals surface area contributed by atoms with Crippen LogP contribution in [0.25, 0.3) is 0 Å². The predicted molar refractivity (Wildman–Crippen MR) is 79.0 cm³/mol. The first kappa shape index (κ1) is 16.8. The highest BCUT2D eigenvalue weighted by Gasteiger charge is 2.33. The van der Waals surface area contributed by atoms with Gasteiger partial charge in [0.1, 0.15) is 23.2 Å². The average molecular weight is 295 g/mol. The highest BCUT2D eigenvalue weighted by Crippen LogP contribution is 2.39. The highest BCUT2D eigenvalue weighted by molar-refractivity contribution is 5.92. The number of amides is 1. The lowest BCUT2D eigenvalue weighted by Gasteiger charge is -2.31. The van der Waals surface area contributed by atoms with E-state index >= 15 is 0 Å². The summed E-state index contributed by atoms with van der Waals surface area (Å²) in [5, 5.41) is 9.48. The summed E-state index contributed by atoms with van der Waals surface area (Å²) in [5.41, 5.74) is 0.324. The number of anilines is 1. The van der Waals surface area contributed by atoms with Crippen molar-refractivity contribution in [2.24, 2.45) is 5.92 Å². The minimum Gasteiger partial charge on any atom is -0.494 e. The number of carbonyl (C=O) groups excluding carboxylic acids is 1. The van der Waals surface area contributed by atoms with Gasteiger partial charge in [-0.15, -0.1) is 0 Å². The molecule has 1 rings (SSSR count). The van der Waals surface area contributed by atoms with E-state index in [1.165, 1.54) is 14.2 Å². The number of methoxy groups -OCH3 is 2. The Morgan fingerprint density at radius 2 is 1.86 bits per heavy atom. The second-order valence-electron chi connectivity index (χ2n) is 4.69. The number of ether oxygens (including phenoxy) is 2. The molecule has 0 aliphatic rings. The van der Waals surface area contributed by atoms with E-state index < -0.39 is 12.0 Å². The van der Waals surface area contributed by atoms with Gasteiger partial charge < -0.3 is 14.6 Å². The van der Waals surface area contributed by atoms with Gasteiger partial charge in [-0.05, 0) is 18.1 Å². The van der Waals surface area contributed by atoms with Crippen molar-refractivity contribution < 1.29 is 24.2 Å². The van der Waals surface area contributed by atoms with Crippen LogP contribution in [0.1, 0.15) is 20.3 Å². The molecule has 0 fully saturated rings. The van der Waals surface area contributed by atoms with E-state index in [4.69, 9.17) is 9.47 Å². The van der Waals surface area contributed by atoms with Crippen molar-refractivity contribution in [2.75, 3.05) is 19.1 Å². The van der Waals surface area contributed by atoms with E-state index in [1.807, 2.05) is 6.92 Å². The topological polar surface area (TPSA) is 76.1 Å². The molecule has 1 N–H and O–H groups in total. The third-order valence-electron chi connectivity index (χ3n) is 3.51. The molecule has 0 aromatic heterocycles. The molecular formula is C15H21NO5. The number of aliphatic carboxylic acids is 1. The molecule has 0 bridgehead atoms. The molecule has 0 saturated heterocycles. The molecule has 0 heterocycles. The average Bonchev–Trinajstić information content (AvgIpc) is 2.50. The van der Waals surface area contributed by atoms with E-state index in [9.17, 15) is 14.7 Å². The zero-order chi connectivity index (χ0) is 16.0. The molecule has 2 atom stereocenters. The van der Waals surface area contributed by atoms with Crippen LogP contribution in [0.3, 0.4) is 0 Å². The normalized spacial score (nSPS) is 13.1. The maximum Gasteiger partial charge on any atom is 0.327 e. The van der Waals surface area contributed by atoms with Crippen LogP contribution < -0.4 is 14.4 Å². The molecular weight excluding hydrogens is 274 g/mol. The Morgan fingerprint density at radius 1 is 1.33 bits per heavy atom. The predicted octanol–water partition coefficient (Wildman–Crippen LogP) is 2.17. The lowest BCUT2D eigenvalue weighted by Crippen LogP contribution is -2.45. The van der Waals surface area contributed by atoms with Gasteiger partial charge in [0.25, 0.3) is 0 Å². The molecule has 0 aliphatic heterocycles. The van der Waals surface area contributed by atoms with Crippen LogP contribution in [0.5, 0.6) is 11.5 Å². The Balaban J connectivity index is 3.44. The first-order valence-corrected chi connectivity index (χ1v) is 6.69. The molecule has 2 unspecified atom stereocenters. The van der Waals surface area contributed by atoms with Crippen molar-refractivity contribution in [3.05, 3.63) is 18.2 Å². The van der Waals surface area contributed by atoms with Gasteiger partial charge in [0.05, 0.1) is 14.2 Å². The van der Waals surface area contributed by atoms with E-state index in [0.29, 0.717) is 30.0 Å². The first-order valence-electron chi connectivity index (χ1n) is 6.69. The summed E-state index contributed by atoms with van der Waals surface area (Å²) >= 11 is 0. The molecule has 1 aromatic rings. The second kappa shape index (κ2) is 7.52. The number of benzene rings is 1. The number of carboxylic acid groups (broad SMARTS) is 1. The number of hydrogen-bond donors (Lipinski definition) is 1. The van der Waals surface area contributed by atoms with Gasteiger partial charge in [-0.25, -0.2) is 4.79 Å². The Kier molecular flexibility index (Phi) is 6.02. The van der Waals surface area contributed by atoms with Crippen LogP contribution in [0, 0.1) is 5.92 Å². The standard InChI is InChI=1S/C15H21NO5/c1-5-10(2)13(15(18)19)16(9-17)14-11(20-3)7-6-8-12(14)21-4/h6-10,13H,5H2,1-4H3,(H,18,19). The maximum atomic E-state index is 11.6. The van der Waals surface area contributed by atoms with E-state index in [1.54, 1.807) is 25.1 Å². The summed E-state index contributed by atoms with van der Waals surface area (Å²) in [6.07, 6.45) is 1.13. The fraction of sp³-hybridized carbons (Fsp3) is 0.467. The summed E-state index contributed by atoms with van der Waals surface area (Å²) in [6, 6.07) is 4.04. The van der Waals surface area contributed by atoms with Crippen molar-refractivity contribution in [3.8, 4) is 11.5 Å². The van der Waals surface area contributed by atoms with Crippen LogP contribution in [-0.4, -0.2) is 37.7 Å². The summed E-state index contributed by atoms with van der Waals surface area (Å²) in [6.45, 7) is 3.67. The van der Waals surface area contributed by atoms with Crippen LogP contribution in [0.15, 0.2) is 18.2 Å². The zero-order valence-corrected chi connectivity index (χ0v) is 12.7. The largest absolute Gasteiger partial charge is 0.494 e. The van der Waals surface area contributed by atoms with Gasteiger partial charge in [0.2, 0.25) is 6.41 Å². The smallest absolute Gasteiger partial charge is 0.327 e. The number of rotatable bonds is 8. The van der Waals surface area contributed by atoms with Gasteiger partial charge >= 0.3 is 5.97 Å². The summed E-state index contributed by atoms with van der Waals surface area (Å²) in [5.74, 6) is -0.515. The Bertz CT molecular complexity index is 481. The Morgan fingerprint density at radius 3 is 2.19 bits per heavy atom. The highest BCUT2D eigenvalue weighted by atomic mass is 16.5. The molecule has 0 spiro atoms. The Labute approximate surface area is 124 Å². The molecule has 116 valence electrons. The van der Waals surface area contributed by atoms with Gasteiger partial charge in [-0.2, -0.15) is 0 Å². The van der Waals surface area contributed by atoms with Crippen LogP contribution in [0.4, 0.5) is 5.69 Å². The molecule has 0 radical (unpaired) electrons. The molecule has 6 heteroatoms. The maximum absolute atomic E-state index is 11.6. The molecule has 6 nitrogen and oxygen atoms in total. The van der Waals surface area contributed by atoms with Crippen LogP contribution in [0.2, 0.25) is 0 Å². The van der Waals surface area contributed by atoms with Gasteiger partial charge in [0.15, 0.2) is 0 Å². The lowest BCUT2D eigenvalue weighted by molar-refractivity contribution is -0.140. The third kappa shape index (κ3) is 3.45. The summed E-state index contributed by atoms with van der Waals surface area (Å²) < 4.78 is 10.5. The monoisotopic (exact) mass is 295 g/mol.